The van der Waals surface area contributed by atoms with E-state index in [1.807, 2.05) is 74.5 Å². The number of carbonyl (C=O) groups is 3. The van der Waals surface area contributed by atoms with Crippen LogP contribution in [0, 0.1) is 5.92 Å². The van der Waals surface area contributed by atoms with E-state index in [0.29, 0.717) is 6.42 Å². The molecule has 0 saturated heterocycles. The van der Waals surface area contributed by atoms with Gasteiger partial charge in [0, 0.05) is 0 Å². The van der Waals surface area contributed by atoms with Crippen LogP contribution in [0.15, 0.2) is 60.7 Å². The van der Waals surface area contributed by atoms with Crippen molar-refractivity contribution in [3.63, 3.8) is 0 Å². The van der Waals surface area contributed by atoms with E-state index in [4.69, 9.17) is 9.47 Å². The lowest BCUT2D eigenvalue weighted by molar-refractivity contribution is -0.150. The number of amides is 2. The maximum atomic E-state index is 12.6. The Morgan fingerprint density at radius 2 is 1.32 bits per heavy atom. The predicted molar refractivity (Wildman–Crippen MR) is 117 cm³/mol. The van der Waals surface area contributed by atoms with Crippen LogP contribution in [0.2, 0.25) is 0 Å². The molecule has 2 aromatic rings. The minimum absolute atomic E-state index is 0.0995. The van der Waals surface area contributed by atoms with Crippen molar-refractivity contribution in [2.45, 2.75) is 52.5 Å². The zero-order valence-electron chi connectivity index (χ0n) is 18.2. The first-order valence-corrected chi connectivity index (χ1v) is 10.4. The molecule has 31 heavy (non-hydrogen) atoms. The molecule has 2 rings (SSSR count). The summed E-state index contributed by atoms with van der Waals surface area (Å²) in [5, 5.41) is 5.18. The Hall–Kier alpha value is -3.35. The molecule has 2 amide bonds. The fourth-order valence-corrected chi connectivity index (χ4v) is 2.77. The third kappa shape index (κ3) is 8.12. The van der Waals surface area contributed by atoms with Gasteiger partial charge in [-0.05, 0) is 24.0 Å². The number of esters is 1. The molecule has 0 aliphatic heterocycles. The van der Waals surface area contributed by atoms with Crippen molar-refractivity contribution >= 4 is 18.0 Å². The van der Waals surface area contributed by atoms with Gasteiger partial charge in [0.2, 0.25) is 5.91 Å². The summed E-state index contributed by atoms with van der Waals surface area (Å²) >= 11 is 0. The van der Waals surface area contributed by atoms with E-state index < -0.39 is 30.1 Å². The third-order valence-electron chi connectivity index (χ3n) is 4.93. The maximum Gasteiger partial charge on any atom is 0.408 e. The molecule has 7 nitrogen and oxygen atoms in total. The molecule has 0 aromatic heterocycles. The van der Waals surface area contributed by atoms with Crippen LogP contribution in [0.5, 0.6) is 0 Å². The number of nitrogens with one attached hydrogen (secondary N) is 2. The van der Waals surface area contributed by atoms with Crippen LogP contribution in [-0.2, 0) is 32.3 Å². The minimum Gasteiger partial charge on any atom is -0.459 e. The van der Waals surface area contributed by atoms with Gasteiger partial charge in [-0.2, -0.15) is 0 Å². The summed E-state index contributed by atoms with van der Waals surface area (Å²) in [6.07, 6.45) is -0.0370. The van der Waals surface area contributed by atoms with E-state index in [0.717, 1.165) is 11.1 Å². The zero-order chi connectivity index (χ0) is 22.6. The second kappa shape index (κ2) is 12.4. The van der Waals surface area contributed by atoms with Gasteiger partial charge in [-0.1, -0.05) is 80.9 Å². The van der Waals surface area contributed by atoms with Crippen molar-refractivity contribution in [2.75, 3.05) is 0 Å². The van der Waals surface area contributed by atoms with Gasteiger partial charge in [-0.25, -0.2) is 9.59 Å². The van der Waals surface area contributed by atoms with Gasteiger partial charge >= 0.3 is 12.1 Å². The van der Waals surface area contributed by atoms with Crippen molar-refractivity contribution in [1.82, 2.24) is 10.6 Å². The lowest BCUT2D eigenvalue weighted by Crippen LogP contribution is -2.52. The molecule has 0 saturated carbocycles. The molecule has 0 bridgehead atoms. The van der Waals surface area contributed by atoms with Crippen molar-refractivity contribution in [3.05, 3.63) is 71.8 Å². The number of hydrogen-bond acceptors (Lipinski definition) is 5. The summed E-state index contributed by atoms with van der Waals surface area (Å²) < 4.78 is 10.5. The quantitative estimate of drug-likeness (QED) is 0.567. The van der Waals surface area contributed by atoms with Crippen LogP contribution in [0.25, 0.3) is 0 Å². The van der Waals surface area contributed by atoms with Crippen LogP contribution < -0.4 is 10.6 Å². The highest BCUT2D eigenvalue weighted by Gasteiger charge is 2.29. The Morgan fingerprint density at radius 3 is 1.84 bits per heavy atom. The van der Waals surface area contributed by atoms with E-state index in [1.54, 1.807) is 0 Å². The average molecular weight is 427 g/mol. The number of hydrogen-bond donors (Lipinski definition) is 2. The molecular weight excluding hydrogens is 396 g/mol. The molecule has 0 heterocycles. The molecule has 0 unspecified atom stereocenters. The summed E-state index contributed by atoms with van der Waals surface area (Å²) in [5.74, 6) is -1.13. The molecule has 2 N–H and O–H groups in total. The standard InChI is InChI=1S/C24H30N2O5/c1-4-17(2)21(23(28)30-15-19-11-7-5-8-12-19)26-22(27)18(3)25-24(29)31-16-20-13-9-6-10-14-20/h5-14,17-18,21H,4,15-16H2,1-3H3,(H,25,29)(H,26,27)/t17-,18-,21+/m0/s1. The van der Waals surface area contributed by atoms with Gasteiger partial charge in [0.1, 0.15) is 25.3 Å². The van der Waals surface area contributed by atoms with Gasteiger partial charge in [0.05, 0.1) is 0 Å². The molecule has 0 aliphatic rings. The van der Waals surface area contributed by atoms with Gasteiger partial charge in [-0.3, -0.25) is 4.79 Å². The summed E-state index contributed by atoms with van der Waals surface area (Å²) in [6.45, 7) is 5.55. The van der Waals surface area contributed by atoms with Gasteiger partial charge in [0.15, 0.2) is 0 Å². The average Bonchev–Trinajstić information content (AvgIpc) is 2.80. The zero-order valence-corrected chi connectivity index (χ0v) is 18.2. The van der Waals surface area contributed by atoms with Crippen LogP contribution in [0.4, 0.5) is 4.79 Å². The molecule has 2 aromatic carbocycles. The first-order chi connectivity index (χ1) is 14.9. The Morgan fingerprint density at radius 1 is 0.806 bits per heavy atom. The number of rotatable bonds is 10. The molecule has 0 aliphatic carbocycles. The Kier molecular flexibility index (Phi) is 9.55. The minimum atomic E-state index is -0.878. The summed E-state index contributed by atoms with van der Waals surface area (Å²) in [7, 11) is 0. The fourth-order valence-electron chi connectivity index (χ4n) is 2.77. The lowest BCUT2D eigenvalue weighted by atomic mass is 9.99. The summed E-state index contributed by atoms with van der Waals surface area (Å²) in [5.41, 5.74) is 1.70. The predicted octanol–water partition coefficient (Wildman–Crippen LogP) is 3.58. The maximum absolute atomic E-state index is 12.6. The number of benzene rings is 2. The van der Waals surface area contributed by atoms with Crippen LogP contribution >= 0.6 is 0 Å². The van der Waals surface area contributed by atoms with E-state index in [-0.39, 0.29) is 19.1 Å². The highest BCUT2D eigenvalue weighted by Crippen LogP contribution is 2.12. The van der Waals surface area contributed by atoms with Gasteiger partial charge < -0.3 is 20.1 Å². The number of carbonyl (C=O) groups excluding carboxylic acids is 3. The van der Waals surface area contributed by atoms with E-state index in [2.05, 4.69) is 10.6 Å². The molecule has 3 atom stereocenters. The Bertz CT molecular complexity index is 842. The molecule has 7 heteroatoms. The first-order valence-electron chi connectivity index (χ1n) is 10.4. The Balaban J connectivity index is 1.86. The monoisotopic (exact) mass is 426 g/mol. The molecule has 0 radical (unpaired) electrons. The summed E-state index contributed by atoms with van der Waals surface area (Å²) in [4.78, 5) is 37.2. The molecule has 0 spiro atoms. The van der Waals surface area contributed by atoms with E-state index in [9.17, 15) is 14.4 Å². The topological polar surface area (TPSA) is 93.7 Å². The molecule has 166 valence electrons. The van der Waals surface area contributed by atoms with Crippen LogP contribution in [-0.4, -0.2) is 30.1 Å². The second-order valence-electron chi connectivity index (χ2n) is 7.39. The first kappa shape index (κ1) is 23.9. The highest BCUT2D eigenvalue weighted by molar-refractivity contribution is 5.89. The lowest BCUT2D eigenvalue weighted by Gasteiger charge is -2.24. The van der Waals surface area contributed by atoms with E-state index >= 15 is 0 Å². The smallest absolute Gasteiger partial charge is 0.408 e. The molecular formula is C24H30N2O5. The number of alkyl carbamates (subject to hydrolysis) is 1. The van der Waals surface area contributed by atoms with Gasteiger partial charge in [0.25, 0.3) is 0 Å². The van der Waals surface area contributed by atoms with Crippen molar-refractivity contribution in [3.8, 4) is 0 Å². The second-order valence-corrected chi connectivity index (χ2v) is 7.39. The van der Waals surface area contributed by atoms with Crippen LogP contribution in [0.1, 0.15) is 38.3 Å². The third-order valence-corrected chi connectivity index (χ3v) is 4.93. The fraction of sp³-hybridized carbons (Fsp3) is 0.375. The van der Waals surface area contributed by atoms with Crippen molar-refractivity contribution in [2.24, 2.45) is 5.92 Å². The molecule has 0 fully saturated rings. The SMILES string of the molecule is CC[C@H](C)[C@@H](NC(=O)[C@H](C)NC(=O)OCc1ccccc1)C(=O)OCc1ccccc1. The van der Waals surface area contributed by atoms with Crippen LogP contribution in [0.3, 0.4) is 0 Å². The highest BCUT2D eigenvalue weighted by atomic mass is 16.5. The van der Waals surface area contributed by atoms with Crippen molar-refractivity contribution in [1.29, 1.82) is 0 Å². The van der Waals surface area contributed by atoms with E-state index in [1.165, 1.54) is 6.92 Å². The Labute approximate surface area is 183 Å². The normalized spacial score (nSPS) is 13.4. The van der Waals surface area contributed by atoms with Crippen molar-refractivity contribution < 1.29 is 23.9 Å². The number of ether oxygens (including phenoxy) is 2. The summed E-state index contributed by atoms with van der Waals surface area (Å²) in [6, 6.07) is 16.9. The largest absolute Gasteiger partial charge is 0.459 e. The van der Waals surface area contributed by atoms with Gasteiger partial charge in [-0.15, -0.1) is 0 Å².